The van der Waals surface area contributed by atoms with Crippen molar-refractivity contribution in [1.29, 1.82) is 0 Å². The second-order valence-electron chi connectivity index (χ2n) is 9.37. The number of fused-ring (bicyclic) bond motifs is 3. The van der Waals surface area contributed by atoms with Crippen LogP contribution in [0, 0.1) is 0 Å². The molecule has 0 bridgehead atoms. The first kappa shape index (κ1) is 26.5. The van der Waals surface area contributed by atoms with E-state index in [1.54, 1.807) is 28.4 Å². The van der Waals surface area contributed by atoms with Gasteiger partial charge in [0.2, 0.25) is 0 Å². The molecule has 41 heavy (non-hydrogen) atoms. The summed E-state index contributed by atoms with van der Waals surface area (Å²) in [6, 6.07) is 33.8. The first-order chi connectivity index (χ1) is 20.1. The van der Waals surface area contributed by atoms with E-state index in [-0.39, 0.29) is 5.75 Å². The molecule has 7 heteroatoms. The van der Waals surface area contributed by atoms with Crippen molar-refractivity contribution in [2.45, 2.75) is 0 Å². The van der Waals surface area contributed by atoms with Gasteiger partial charge in [-0.1, -0.05) is 54.6 Å². The highest BCUT2D eigenvalue weighted by Gasteiger charge is 2.33. The van der Waals surface area contributed by atoms with Crippen LogP contribution in [0.1, 0.15) is 0 Å². The second-order valence-corrected chi connectivity index (χ2v) is 11.4. The summed E-state index contributed by atoms with van der Waals surface area (Å²) in [7, 11) is 5.04. The Kier molecular flexibility index (Phi) is 7.17. The molecule has 1 N–H and O–H groups in total. The third-order valence-corrected chi connectivity index (χ3v) is 9.92. The maximum Gasteiger partial charge on any atom is 0.147 e. The fourth-order valence-electron chi connectivity index (χ4n) is 5.52. The first-order valence-electron chi connectivity index (χ1n) is 13.2. The quantitative estimate of drug-likeness (QED) is 0.221. The van der Waals surface area contributed by atoms with Crippen LogP contribution in [0.2, 0.25) is 0 Å². The fourth-order valence-corrected chi connectivity index (χ4v) is 8.33. The zero-order valence-electron chi connectivity index (χ0n) is 23.3. The van der Waals surface area contributed by atoms with Gasteiger partial charge in [0.1, 0.15) is 28.7 Å². The van der Waals surface area contributed by atoms with Gasteiger partial charge in [-0.2, -0.15) is 0 Å². The van der Waals surface area contributed by atoms with E-state index in [1.165, 1.54) is 0 Å². The molecule has 0 aliphatic rings. The first-order valence-corrected chi connectivity index (χ1v) is 14.5. The molecule has 6 rings (SSSR count). The standard InChI is InChI=1S/C34H30NO5P/c1-37-27-17-10-18-28(38-2)33(27)41(34-29(39-3)19-11-20-30(34)40-4)31-21-9-16-26(32(31)36)35-24-14-7-5-12-22(24)23-13-6-8-15-25(23)35/h5-21,36H,1-4H3. The van der Waals surface area contributed by atoms with Crippen molar-refractivity contribution in [3.63, 3.8) is 0 Å². The van der Waals surface area contributed by atoms with Gasteiger partial charge in [-0.25, -0.2) is 0 Å². The lowest BCUT2D eigenvalue weighted by Crippen LogP contribution is -2.26. The number of rotatable bonds is 8. The summed E-state index contributed by atoms with van der Waals surface area (Å²) in [5, 5.41) is 16.8. The van der Waals surface area contributed by atoms with Crippen LogP contribution in [-0.2, 0) is 0 Å². The van der Waals surface area contributed by atoms with Crippen LogP contribution in [0.25, 0.3) is 27.5 Å². The third-order valence-electron chi connectivity index (χ3n) is 7.31. The zero-order chi connectivity index (χ0) is 28.5. The normalized spacial score (nSPS) is 11.2. The van der Waals surface area contributed by atoms with Crippen LogP contribution >= 0.6 is 7.92 Å². The smallest absolute Gasteiger partial charge is 0.147 e. The van der Waals surface area contributed by atoms with E-state index in [1.807, 2.05) is 78.9 Å². The van der Waals surface area contributed by atoms with Gasteiger partial charge in [-0.3, -0.25) is 0 Å². The summed E-state index contributed by atoms with van der Waals surface area (Å²) in [6.45, 7) is 0. The molecular weight excluding hydrogens is 533 g/mol. The van der Waals surface area contributed by atoms with Crippen molar-refractivity contribution < 1.29 is 24.1 Å². The van der Waals surface area contributed by atoms with Crippen molar-refractivity contribution in [3.8, 4) is 34.4 Å². The SMILES string of the molecule is COc1cccc(OC)c1P(c1cccc(-n2c3ccccc3c3ccccc32)c1O)c1c(OC)cccc1OC. The topological polar surface area (TPSA) is 62.1 Å². The Hall–Kier alpha value is -4.67. The minimum absolute atomic E-state index is 0.158. The van der Waals surface area contributed by atoms with Crippen molar-refractivity contribution in [2.24, 2.45) is 0 Å². The van der Waals surface area contributed by atoms with E-state index < -0.39 is 7.92 Å². The highest BCUT2D eigenvalue weighted by Crippen LogP contribution is 2.48. The van der Waals surface area contributed by atoms with E-state index in [2.05, 4.69) is 28.8 Å². The number of aromatic hydroxyl groups is 1. The molecule has 0 saturated carbocycles. The fraction of sp³-hybridized carbons (Fsp3) is 0.118. The number of phenols is 1. The van der Waals surface area contributed by atoms with Crippen molar-refractivity contribution in [1.82, 2.24) is 4.57 Å². The molecule has 1 heterocycles. The number of ether oxygens (including phenoxy) is 4. The average Bonchev–Trinajstić information content (AvgIpc) is 3.36. The van der Waals surface area contributed by atoms with E-state index in [9.17, 15) is 5.11 Å². The van der Waals surface area contributed by atoms with Crippen LogP contribution in [-0.4, -0.2) is 38.1 Å². The van der Waals surface area contributed by atoms with E-state index in [0.29, 0.717) is 34.0 Å². The molecule has 0 spiro atoms. The Morgan fingerprint density at radius 3 is 1.37 bits per heavy atom. The molecule has 6 nitrogen and oxygen atoms in total. The zero-order valence-corrected chi connectivity index (χ0v) is 24.2. The lowest BCUT2D eigenvalue weighted by molar-refractivity contribution is 0.399. The molecule has 0 amide bonds. The Morgan fingerprint density at radius 1 is 0.512 bits per heavy atom. The third kappa shape index (κ3) is 4.32. The van der Waals surface area contributed by atoms with Gasteiger partial charge >= 0.3 is 0 Å². The molecule has 0 radical (unpaired) electrons. The van der Waals surface area contributed by atoms with Gasteiger partial charge in [0, 0.05) is 24.0 Å². The predicted molar refractivity (Wildman–Crippen MR) is 167 cm³/mol. The molecule has 0 unspecified atom stereocenters. The van der Waals surface area contributed by atoms with Gasteiger partial charge < -0.3 is 28.6 Å². The number of phenolic OH excluding ortho intramolecular Hbond substituents is 1. The molecule has 6 aromatic rings. The average molecular weight is 564 g/mol. The van der Waals surface area contributed by atoms with Crippen LogP contribution in [0.5, 0.6) is 28.7 Å². The minimum atomic E-state index is -1.52. The van der Waals surface area contributed by atoms with Crippen molar-refractivity contribution >= 4 is 45.6 Å². The summed E-state index contributed by atoms with van der Waals surface area (Å²) >= 11 is 0. The largest absolute Gasteiger partial charge is 0.505 e. The van der Waals surface area contributed by atoms with E-state index >= 15 is 0 Å². The van der Waals surface area contributed by atoms with Crippen LogP contribution in [0.4, 0.5) is 0 Å². The van der Waals surface area contributed by atoms with Gasteiger partial charge in [0.15, 0.2) is 0 Å². The summed E-state index contributed by atoms with van der Waals surface area (Å²) in [5.74, 6) is 2.73. The number of aromatic nitrogens is 1. The molecule has 0 atom stereocenters. The van der Waals surface area contributed by atoms with E-state index in [4.69, 9.17) is 18.9 Å². The predicted octanol–water partition coefficient (Wildman–Crippen LogP) is 6.28. The molecule has 5 aromatic carbocycles. The summed E-state index contributed by atoms with van der Waals surface area (Å²) in [6.07, 6.45) is 0. The number of benzene rings is 5. The van der Waals surface area contributed by atoms with Gasteiger partial charge in [-0.05, 0) is 48.5 Å². The van der Waals surface area contributed by atoms with Crippen molar-refractivity contribution in [2.75, 3.05) is 28.4 Å². The number of hydrogen-bond donors (Lipinski definition) is 1. The number of methoxy groups -OCH3 is 4. The monoisotopic (exact) mass is 563 g/mol. The minimum Gasteiger partial charge on any atom is -0.505 e. The highest BCUT2D eigenvalue weighted by atomic mass is 31.1. The Balaban J connectivity index is 1.72. The van der Waals surface area contributed by atoms with Gasteiger partial charge in [-0.15, -0.1) is 0 Å². The Labute approximate surface area is 240 Å². The molecule has 0 aliphatic heterocycles. The summed E-state index contributed by atoms with van der Waals surface area (Å²) in [5.41, 5.74) is 2.69. The summed E-state index contributed by atoms with van der Waals surface area (Å²) < 4.78 is 25.7. The number of hydrogen-bond acceptors (Lipinski definition) is 5. The van der Waals surface area contributed by atoms with Crippen LogP contribution in [0.15, 0.2) is 103 Å². The Morgan fingerprint density at radius 2 is 0.927 bits per heavy atom. The molecule has 206 valence electrons. The van der Waals surface area contributed by atoms with Gasteiger partial charge in [0.25, 0.3) is 0 Å². The highest BCUT2D eigenvalue weighted by molar-refractivity contribution is 7.80. The maximum atomic E-state index is 12.3. The molecule has 0 fully saturated rings. The lowest BCUT2D eigenvalue weighted by Gasteiger charge is -2.27. The van der Waals surface area contributed by atoms with Crippen LogP contribution < -0.4 is 34.9 Å². The molecular formula is C34H30NO5P. The van der Waals surface area contributed by atoms with Crippen molar-refractivity contribution in [3.05, 3.63) is 103 Å². The van der Waals surface area contributed by atoms with E-state index in [0.717, 1.165) is 32.4 Å². The van der Waals surface area contributed by atoms with Gasteiger partial charge in [0.05, 0.1) is 55.8 Å². The summed E-state index contributed by atoms with van der Waals surface area (Å²) in [4.78, 5) is 0. The molecule has 0 aliphatic carbocycles. The lowest BCUT2D eigenvalue weighted by atomic mass is 10.2. The number of para-hydroxylation sites is 3. The number of nitrogens with zero attached hydrogens (tertiary/aromatic N) is 1. The molecule has 0 saturated heterocycles. The maximum absolute atomic E-state index is 12.3. The molecule has 1 aromatic heterocycles. The second kappa shape index (κ2) is 11.1. The Bertz CT molecular complexity index is 1730. The van der Waals surface area contributed by atoms with Crippen LogP contribution in [0.3, 0.4) is 0 Å².